The molecule has 28 aromatic rings. The molecule has 16 heterocycles. The van der Waals surface area contributed by atoms with Gasteiger partial charge >= 0.3 is 0 Å². The second-order valence-electron chi connectivity index (χ2n) is 38.6. The van der Waals surface area contributed by atoms with Gasteiger partial charge in [-0.05, 0) is 313 Å². The van der Waals surface area contributed by atoms with Crippen molar-refractivity contribution in [1.29, 1.82) is 0 Å². The van der Waals surface area contributed by atoms with Crippen LogP contribution < -0.4 is 0 Å². The van der Waals surface area contributed by atoms with Crippen molar-refractivity contribution in [2.45, 2.75) is 51.4 Å². The number of aromatic nitrogens is 16. The van der Waals surface area contributed by atoms with E-state index in [4.69, 9.17) is 44.9 Å². The molecule has 12 aromatic carbocycles. The summed E-state index contributed by atoms with van der Waals surface area (Å²) < 4.78 is 9.07. The average molecular weight is 1790 g/mol. The van der Waals surface area contributed by atoms with Gasteiger partial charge in [0, 0.05) is 120 Å². The monoisotopic (exact) mass is 1780 g/mol. The van der Waals surface area contributed by atoms with Gasteiger partial charge in [0.1, 0.15) is 33.5 Å². The minimum absolute atomic E-state index is 0.899. The van der Waals surface area contributed by atoms with E-state index in [0.29, 0.717) is 0 Å². The van der Waals surface area contributed by atoms with E-state index in [1.807, 2.05) is 104 Å². The van der Waals surface area contributed by atoms with Gasteiger partial charge in [-0.25, -0.2) is 19.9 Å². The molecule has 0 spiro atoms. The number of imidazole rings is 4. The zero-order valence-electron chi connectivity index (χ0n) is 75.1. The predicted octanol–water partition coefficient (Wildman–Crippen LogP) is 26.9. The van der Waals surface area contributed by atoms with Crippen LogP contribution in [0.15, 0.2) is 341 Å². The molecule has 0 atom stereocenters. The van der Waals surface area contributed by atoms with E-state index < -0.39 is 0 Å². The number of hydrogen-bond donors (Lipinski definition) is 0. The number of nitrogens with zero attached hydrogens (tertiary/aromatic N) is 16. The van der Waals surface area contributed by atoms with Crippen LogP contribution in [0.25, 0.3) is 243 Å². The summed E-state index contributed by atoms with van der Waals surface area (Å²) in [5.41, 5.74) is 67.2. The Morgan fingerprint density at radius 1 is 0.157 bits per heavy atom. The van der Waals surface area contributed by atoms with Gasteiger partial charge < -0.3 is 0 Å². The SMILES string of the molecule is c1ccc2c(c1)Cc1c-2ccc2c1-c1ccc3c(nc4c5cccnc5c5ncccc5n34)c1C2.c1ccc2c(c1)Cc1c-2ccc2c1-c1ccc3c(nc4c5ccncc5c5ncccc5n34)c1C2.c1ccc2c(c1)Cc1c-2ccc2c1-c1ccc3c(nc4c5cnccc5c5ncccc5n34)c1C2.c1ccc2c(c1)Cc1c-2ccc2c1-c1ccc3c(nc4c5ncccc5c5ncccc5n34)c1C2. The quantitative estimate of drug-likeness (QED) is 0.132. The zero-order chi connectivity index (χ0) is 90.7. The molecule has 0 saturated carbocycles. The van der Waals surface area contributed by atoms with E-state index >= 15 is 0 Å². The number of benzene rings is 12. The number of rotatable bonds is 0. The van der Waals surface area contributed by atoms with Gasteiger partial charge in [0.05, 0.1) is 82.8 Å². The highest BCUT2D eigenvalue weighted by molar-refractivity contribution is 6.17. The average Bonchev–Trinajstić information content (AvgIpc) is 1.55. The summed E-state index contributed by atoms with van der Waals surface area (Å²) in [5.74, 6) is 0. The first-order valence-electron chi connectivity index (χ1n) is 48.2. The molecule has 8 aliphatic carbocycles. The third kappa shape index (κ3) is 10.1. The lowest BCUT2D eigenvalue weighted by atomic mass is 9.95. The fourth-order valence-corrected chi connectivity index (χ4v) is 26.1. The third-order valence-electron chi connectivity index (χ3n) is 31.9. The standard InChI is InChI=1S/4C31H18N4/c1-2-6-19-17(5-1)15-23-20(19)10-9-18-16-24-21(27(18)23)11-12-26-28(24)34-31-22-7-3-13-32-29(22)30-25(35(26)31)8-4-14-33-30;1-2-6-19-17(5-1)15-23-20(19)10-9-18-16-24-21(27(18)23)11-12-26-29(24)34-31-30-22(7-3-13-33-30)28-25(35(26)31)8-4-14-32-28;1-2-5-19-17(4-1)14-23-20(19)8-7-18-15-24-21(28(18)23)9-10-27-30(24)34-31-22-11-13-32-16-25(22)29-26(35(27)31)6-3-12-33-29;1-2-5-19-17(4-1)14-23-20(19)8-7-18-15-24-21(28(18)23)9-10-27-30(24)34-31-25-16-32-13-11-22(25)29-26(35(27)31)6-3-12-33-29/h2*1-14H,15-16H2;2*1-13,16H,14-15H2. The number of pyridine rings is 12. The summed E-state index contributed by atoms with van der Waals surface area (Å²) in [7, 11) is 0. The fourth-order valence-electron chi connectivity index (χ4n) is 26.1. The van der Waals surface area contributed by atoms with Gasteiger partial charge in [0.25, 0.3) is 0 Å². The zero-order valence-corrected chi connectivity index (χ0v) is 75.1. The Balaban J connectivity index is 0.0000000829. The summed E-state index contributed by atoms with van der Waals surface area (Å²) in [5, 5.41) is 6.34. The van der Waals surface area contributed by atoms with Crippen molar-refractivity contribution < 1.29 is 0 Å². The van der Waals surface area contributed by atoms with Crippen molar-refractivity contribution in [1.82, 2.24) is 77.4 Å². The van der Waals surface area contributed by atoms with E-state index in [2.05, 4.69) is 269 Å². The molecule has 0 fully saturated rings. The molecule has 0 aliphatic heterocycles. The van der Waals surface area contributed by atoms with Gasteiger partial charge in [-0.3, -0.25) is 57.5 Å². The van der Waals surface area contributed by atoms with Crippen LogP contribution in [-0.2, 0) is 51.4 Å². The molecule has 36 rings (SSSR count). The lowest BCUT2D eigenvalue weighted by Gasteiger charge is -2.09. The van der Waals surface area contributed by atoms with E-state index in [1.165, 1.54) is 178 Å². The molecule has 648 valence electrons. The van der Waals surface area contributed by atoms with Crippen molar-refractivity contribution in [3.63, 3.8) is 0 Å². The van der Waals surface area contributed by atoms with Gasteiger partial charge in [-0.2, -0.15) is 0 Å². The Kier molecular flexibility index (Phi) is 14.9. The smallest absolute Gasteiger partial charge is 0.165 e. The normalized spacial score (nSPS) is 13.5. The summed E-state index contributed by atoms with van der Waals surface area (Å²) in [6.07, 6.45) is 26.3. The van der Waals surface area contributed by atoms with Crippen LogP contribution in [0.3, 0.4) is 0 Å². The number of fused-ring (bicyclic) bond motifs is 64. The Labute approximate surface area is 796 Å². The molecule has 8 aliphatic rings. The van der Waals surface area contributed by atoms with Gasteiger partial charge in [0.15, 0.2) is 5.65 Å². The number of hydrogen-bond acceptors (Lipinski definition) is 12. The Bertz CT molecular complexity index is 9460. The van der Waals surface area contributed by atoms with Crippen LogP contribution in [0.4, 0.5) is 0 Å². The molecule has 0 saturated heterocycles. The molecule has 16 nitrogen and oxygen atoms in total. The van der Waals surface area contributed by atoms with Crippen LogP contribution in [-0.4, -0.2) is 77.4 Å². The molecule has 0 N–H and O–H groups in total. The van der Waals surface area contributed by atoms with E-state index in [9.17, 15) is 0 Å². The fraction of sp³-hybridized carbons (Fsp3) is 0.0645. The highest BCUT2D eigenvalue weighted by atomic mass is 15.1. The van der Waals surface area contributed by atoms with Crippen LogP contribution in [0.2, 0.25) is 0 Å². The summed E-state index contributed by atoms with van der Waals surface area (Å²) in [4.78, 5) is 58.2. The van der Waals surface area contributed by atoms with Crippen LogP contribution in [0.5, 0.6) is 0 Å². The maximum atomic E-state index is 5.29. The van der Waals surface area contributed by atoms with Crippen molar-refractivity contribution in [3.8, 4) is 89.0 Å². The highest BCUT2D eigenvalue weighted by Crippen LogP contribution is 2.56. The first kappa shape index (κ1) is 75.1. The van der Waals surface area contributed by atoms with Gasteiger partial charge in [0.2, 0.25) is 0 Å². The highest BCUT2D eigenvalue weighted by Gasteiger charge is 2.38. The molecular formula is C124H72N16. The Hall–Kier alpha value is -18.3. The van der Waals surface area contributed by atoms with Crippen molar-refractivity contribution in [3.05, 3.63) is 430 Å². The molecule has 16 heteroatoms. The molecule has 16 aromatic heterocycles. The van der Waals surface area contributed by atoms with E-state index in [0.717, 1.165) is 206 Å². The topological polar surface area (TPSA) is 172 Å². The molecule has 0 unspecified atom stereocenters. The maximum absolute atomic E-state index is 5.29. The minimum atomic E-state index is 0.899. The van der Waals surface area contributed by atoms with Crippen molar-refractivity contribution in [2.24, 2.45) is 0 Å². The largest absolute Gasteiger partial charge is 0.290 e. The lowest BCUT2D eigenvalue weighted by Crippen LogP contribution is -1.94. The molecule has 0 radical (unpaired) electrons. The van der Waals surface area contributed by atoms with Crippen LogP contribution >= 0.6 is 0 Å². The predicted molar refractivity (Wildman–Crippen MR) is 559 cm³/mol. The van der Waals surface area contributed by atoms with Gasteiger partial charge in [-0.15, -0.1) is 0 Å². The minimum Gasteiger partial charge on any atom is -0.290 e. The maximum Gasteiger partial charge on any atom is 0.165 e. The summed E-state index contributed by atoms with van der Waals surface area (Å²) in [6.45, 7) is 0. The Morgan fingerprint density at radius 2 is 0.443 bits per heavy atom. The second-order valence-corrected chi connectivity index (χ2v) is 38.6. The molecule has 0 amide bonds. The van der Waals surface area contributed by atoms with Gasteiger partial charge in [-0.1, -0.05) is 170 Å². The lowest BCUT2D eigenvalue weighted by molar-refractivity contribution is 1.24. The van der Waals surface area contributed by atoms with Crippen LogP contribution in [0.1, 0.15) is 89.0 Å². The Morgan fingerprint density at radius 3 is 0.857 bits per heavy atom. The summed E-state index contributed by atoms with van der Waals surface area (Å²) >= 11 is 0. The summed E-state index contributed by atoms with van der Waals surface area (Å²) in [6, 6.07) is 101. The van der Waals surface area contributed by atoms with Crippen LogP contribution in [0, 0.1) is 0 Å². The molecule has 140 heavy (non-hydrogen) atoms. The first-order chi connectivity index (χ1) is 69.5. The van der Waals surface area contributed by atoms with E-state index in [1.54, 1.807) is 0 Å². The van der Waals surface area contributed by atoms with E-state index in [-0.39, 0.29) is 0 Å². The molecular weight excluding hydrogens is 1710 g/mol. The van der Waals surface area contributed by atoms with Crippen molar-refractivity contribution in [2.75, 3.05) is 0 Å². The van der Waals surface area contributed by atoms with Crippen molar-refractivity contribution >= 4 is 154 Å². The second kappa shape index (κ2) is 27.7. The first-order valence-corrected chi connectivity index (χ1v) is 48.2. The molecule has 0 bridgehead atoms. The third-order valence-corrected chi connectivity index (χ3v) is 31.9.